The van der Waals surface area contributed by atoms with Crippen LogP contribution in [-0.4, -0.2) is 24.2 Å². The van der Waals surface area contributed by atoms with Crippen molar-refractivity contribution in [2.75, 3.05) is 11.9 Å². The minimum Gasteiger partial charge on any atom is -0.490 e. The van der Waals surface area contributed by atoms with Crippen molar-refractivity contribution in [1.29, 1.82) is 0 Å². The van der Waals surface area contributed by atoms with Crippen LogP contribution in [0.25, 0.3) is 0 Å². The topological polar surface area (TPSA) is 47.6 Å². The van der Waals surface area contributed by atoms with Crippen LogP contribution in [-0.2, 0) is 9.53 Å². The Bertz CT molecular complexity index is 580. The van der Waals surface area contributed by atoms with E-state index in [-0.39, 0.29) is 5.91 Å². The van der Waals surface area contributed by atoms with Crippen LogP contribution in [0, 0.1) is 5.92 Å². The molecule has 0 saturated heterocycles. The molecule has 0 aliphatic heterocycles. The van der Waals surface area contributed by atoms with Crippen LogP contribution in [0.3, 0.4) is 0 Å². The van der Waals surface area contributed by atoms with Crippen molar-refractivity contribution in [3.8, 4) is 5.75 Å². The predicted octanol–water partition coefficient (Wildman–Crippen LogP) is 5.32. The molecule has 4 heteroatoms. The zero-order chi connectivity index (χ0) is 18.4. The summed E-state index contributed by atoms with van der Waals surface area (Å²) in [5.41, 5.74) is 0.138. The van der Waals surface area contributed by atoms with Gasteiger partial charge in [0.1, 0.15) is 11.4 Å². The van der Waals surface area contributed by atoms with Gasteiger partial charge >= 0.3 is 0 Å². The molecular formula is C22H33NO3. The van der Waals surface area contributed by atoms with Gasteiger partial charge in [0.25, 0.3) is 5.91 Å². The lowest BCUT2D eigenvalue weighted by Crippen LogP contribution is -2.48. The van der Waals surface area contributed by atoms with E-state index in [2.05, 4.69) is 19.2 Å². The average Bonchev–Trinajstić information content (AvgIpc) is 3.14. The third-order valence-electron chi connectivity index (χ3n) is 5.67. The molecule has 3 rings (SSSR count). The number of rotatable bonds is 7. The number of hydrogen-bond donors (Lipinski definition) is 1. The Morgan fingerprint density at radius 3 is 2.54 bits per heavy atom. The smallest absolute Gasteiger partial charge is 0.256 e. The monoisotopic (exact) mass is 359 g/mol. The Kier molecular flexibility index (Phi) is 6.58. The van der Waals surface area contributed by atoms with Crippen molar-refractivity contribution in [1.82, 2.24) is 0 Å². The van der Waals surface area contributed by atoms with Gasteiger partial charge in [-0.3, -0.25) is 4.79 Å². The van der Waals surface area contributed by atoms with E-state index in [1.807, 2.05) is 24.3 Å². The van der Waals surface area contributed by atoms with E-state index in [1.165, 1.54) is 19.3 Å². The number of ether oxygens (including phenoxy) is 2. The Balaban J connectivity index is 1.62. The maximum Gasteiger partial charge on any atom is 0.256 e. The number of benzene rings is 1. The predicted molar refractivity (Wildman–Crippen MR) is 105 cm³/mol. The second-order valence-corrected chi connectivity index (χ2v) is 8.05. The van der Waals surface area contributed by atoms with E-state index in [1.54, 1.807) is 0 Å². The molecule has 0 heterocycles. The molecule has 2 aliphatic carbocycles. The van der Waals surface area contributed by atoms with Crippen LogP contribution in [0.1, 0.15) is 71.6 Å². The van der Waals surface area contributed by atoms with E-state index in [9.17, 15) is 4.79 Å². The summed E-state index contributed by atoms with van der Waals surface area (Å²) < 4.78 is 12.1. The molecule has 1 amide bonds. The lowest BCUT2D eigenvalue weighted by molar-refractivity contribution is -0.148. The summed E-state index contributed by atoms with van der Waals surface area (Å²) in [6, 6.07) is 7.78. The average molecular weight is 360 g/mol. The quantitative estimate of drug-likeness (QED) is 0.716. The summed E-state index contributed by atoms with van der Waals surface area (Å²) in [5, 5.41) is 3.08. The van der Waals surface area contributed by atoms with E-state index in [4.69, 9.17) is 9.47 Å². The van der Waals surface area contributed by atoms with Crippen LogP contribution in [0.5, 0.6) is 5.75 Å². The molecule has 0 unspecified atom stereocenters. The van der Waals surface area contributed by atoms with Crippen LogP contribution in [0.4, 0.5) is 5.69 Å². The molecule has 0 bridgehead atoms. The van der Waals surface area contributed by atoms with Gasteiger partial charge in [-0.15, -0.1) is 0 Å². The second kappa shape index (κ2) is 8.90. The number of hydrogen-bond acceptors (Lipinski definition) is 3. The molecule has 4 nitrogen and oxygen atoms in total. The van der Waals surface area contributed by atoms with Crippen molar-refractivity contribution >= 4 is 11.6 Å². The Hall–Kier alpha value is -1.55. The molecule has 1 N–H and O–H groups in total. The molecule has 144 valence electrons. The minimum atomic E-state index is -0.674. The fraction of sp³-hybridized carbons (Fsp3) is 0.682. The molecule has 1 aromatic carbocycles. The highest BCUT2D eigenvalue weighted by molar-refractivity contribution is 5.97. The lowest BCUT2D eigenvalue weighted by atomic mass is 9.78. The number of nitrogens with one attached hydrogen (secondary N) is 1. The summed E-state index contributed by atoms with van der Waals surface area (Å²) in [7, 11) is 0. The molecule has 2 saturated carbocycles. The summed E-state index contributed by atoms with van der Waals surface area (Å²) in [5.74, 6) is 1.41. The standard InChI is InChI=1S/C22H33NO3/c1-3-15-25-22(14-6-7-17(2)16-22)21(24)23-18-10-12-20(13-11-18)26-19-8-4-5-9-19/h10-13,17,19H,3-9,14-16H2,1-2H3,(H,23,24)/t17-,22-/m1/s1. The Morgan fingerprint density at radius 1 is 1.15 bits per heavy atom. The van der Waals surface area contributed by atoms with Crippen LogP contribution < -0.4 is 10.1 Å². The van der Waals surface area contributed by atoms with Gasteiger partial charge in [0.2, 0.25) is 0 Å². The van der Waals surface area contributed by atoms with E-state index >= 15 is 0 Å². The fourth-order valence-corrected chi connectivity index (χ4v) is 4.26. The first-order valence-corrected chi connectivity index (χ1v) is 10.3. The molecule has 26 heavy (non-hydrogen) atoms. The molecule has 2 fully saturated rings. The second-order valence-electron chi connectivity index (χ2n) is 8.05. The first-order valence-electron chi connectivity index (χ1n) is 10.3. The van der Waals surface area contributed by atoms with Gasteiger partial charge in [-0.2, -0.15) is 0 Å². The van der Waals surface area contributed by atoms with E-state index < -0.39 is 5.60 Å². The fourth-order valence-electron chi connectivity index (χ4n) is 4.26. The molecule has 0 spiro atoms. The molecular weight excluding hydrogens is 326 g/mol. The van der Waals surface area contributed by atoms with Crippen molar-refractivity contribution < 1.29 is 14.3 Å². The van der Waals surface area contributed by atoms with Gasteiger partial charge in [0.05, 0.1) is 6.10 Å². The molecule has 2 aliphatic rings. The maximum absolute atomic E-state index is 13.0. The zero-order valence-corrected chi connectivity index (χ0v) is 16.3. The normalized spacial score (nSPS) is 26.6. The third-order valence-corrected chi connectivity index (χ3v) is 5.67. The number of carbonyl (C=O) groups is 1. The van der Waals surface area contributed by atoms with Gasteiger partial charge in [0, 0.05) is 12.3 Å². The van der Waals surface area contributed by atoms with Gasteiger partial charge in [0.15, 0.2) is 0 Å². The Labute approximate surface area is 157 Å². The van der Waals surface area contributed by atoms with Gasteiger partial charge in [-0.25, -0.2) is 0 Å². The summed E-state index contributed by atoms with van der Waals surface area (Å²) in [6.45, 7) is 4.93. The molecule has 0 aromatic heterocycles. The van der Waals surface area contributed by atoms with E-state index in [0.717, 1.165) is 50.0 Å². The third kappa shape index (κ3) is 4.79. The summed E-state index contributed by atoms with van der Waals surface area (Å²) >= 11 is 0. The van der Waals surface area contributed by atoms with Crippen LogP contribution in [0.15, 0.2) is 24.3 Å². The first-order chi connectivity index (χ1) is 12.6. The van der Waals surface area contributed by atoms with Gasteiger partial charge in [-0.1, -0.05) is 20.3 Å². The first kappa shape index (κ1) is 19.2. The van der Waals surface area contributed by atoms with Crippen LogP contribution in [0.2, 0.25) is 0 Å². The largest absolute Gasteiger partial charge is 0.490 e. The lowest BCUT2D eigenvalue weighted by Gasteiger charge is -2.38. The highest BCUT2D eigenvalue weighted by Gasteiger charge is 2.42. The van der Waals surface area contributed by atoms with Gasteiger partial charge in [-0.05, 0) is 81.5 Å². The minimum absolute atomic E-state index is 0.00182. The SMILES string of the molecule is CCCO[C@]1(C(=O)Nc2ccc(OC3CCCC3)cc2)CCC[C@@H](C)C1. The van der Waals surface area contributed by atoms with Crippen molar-refractivity contribution in [2.45, 2.75) is 83.3 Å². The molecule has 1 aromatic rings. The number of amides is 1. The van der Waals surface area contributed by atoms with Gasteiger partial charge < -0.3 is 14.8 Å². The van der Waals surface area contributed by atoms with E-state index in [0.29, 0.717) is 18.6 Å². The maximum atomic E-state index is 13.0. The van der Waals surface area contributed by atoms with Crippen molar-refractivity contribution in [3.63, 3.8) is 0 Å². The van der Waals surface area contributed by atoms with Crippen molar-refractivity contribution in [2.24, 2.45) is 5.92 Å². The van der Waals surface area contributed by atoms with Crippen molar-refractivity contribution in [3.05, 3.63) is 24.3 Å². The highest BCUT2D eigenvalue weighted by Crippen LogP contribution is 2.36. The number of carbonyl (C=O) groups excluding carboxylic acids is 1. The molecule has 0 radical (unpaired) electrons. The summed E-state index contributed by atoms with van der Waals surface area (Å²) in [6.07, 6.45) is 9.94. The highest BCUT2D eigenvalue weighted by atomic mass is 16.5. The Morgan fingerprint density at radius 2 is 1.88 bits per heavy atom. The molecule has 2 atom stereocenters. The number of anilines is 1. The summed E-state index contributed by atoms with van der Waals surface area (Å²) in [4.78, 5) is 13.0. The van der Waals surface area contributed by atoms with Crippen LogP contribution >= 0.6 is 0 Å². The zero-order valence-electron chi connectivity index (χ0n) is 16.3.